The molecule has 0 aliphatic carbocycles. The van der Waals surface area contributed by atoms with E-state index in [1.807, 2.05) is 0 Å². The van der Waals surface area contributed by atoms with Crippen LogP contribution in [-0.2, 0) is 0 Å². The van der Waals surface area contributed by atoms with Crippen molar-refractivity contribution in [3.8, 4) is 0 Å². The molecule has 1 heterocycles. The number of nitrogen functional groups attached to an aromatic ring is 1. The maximum absolute atomic E-state index is 12.8. The molecule has 6 heteroatoms. The Kier molecular flexibility index (Phi) is 3.06. The average molecular weight is 251 g/mol. The number of carbonyl (C=O) groups is 1. The van der Waals surface area contributed by atoms with Crippen LogP contribution in [0.1, 0.15) is 15.4 Å². The highest BCUT2D eigenvalue weighted by Gasteiger charge is 2.13. The van der Waals surface area contributed by atoms with Crippen LogP contribution in [0.25, 0.3) is 0 Å². The summed E-state index contributed by atoms with van der Waals surface area (Å²) in [5.41, 5.74) is 8.44. The van der Waals surface area contributed by atoms with E-state index in [0.29, 0.717) is 16.3 Å². The molecular weight excluding hydrogens is 241 g/mol. The zero-order chi connectivity index (χ0) is 12.4. The van der Waals surface area contributed by atoms with Gasteiger partial charge in [0.2, 0.25) is 0 Å². The van der Waals surface area contributed by atoms with Crippen molar-refractivity contribution in [2.45, 2.75) is 6.92 Å². The predicted molar refractivity (Wildman–Crippen MR) is 65.6 cm³/mol. The van der Waals surface area contributed by atoms with Crippen LogP contribution < -0.4 is 11.1 Å². The maximum Gasteiger partial charge on any atom is 0.267 e. The third kappa shape index (κ3) is 2.42. The summed E-state index contributed by atoms with van der Waals surface area (Å²) >= 11 is 1.25. The van der Waals surface area contributed by atoms with Crippen LogP contribution >= 0.6 is 11.3 Å². The molecule has 3 N–H and O–H groups in total. The molecule has 1 amide bonds. The first-order valence-electron chi connectivity index (χ1n) is 4.84. The minimum absolute atomic E-state index is 0.195. The number of rotatable bonds is 2. The van der Waals surface area contributed by atoms with Crippen LogP contribution in [0.2, 0.25) is 0 Å². The summed E-state index contributed by atoms with van der Waals surface area (Å²) in [6.45, 7) is 1.75. The van der Waals surface area contributed by atoms with Gasteiger partial charge in [-0.25, -0.2) is 9.37 Å². The van der Waals surface area contributed by atoms with Crippen LogP contribution in [0.5, 0.6) is 0 Å². The molecule has 0 fully saturated rings. The summed E-state index contributed by atoms with van der Waals surface area (Å²) < 4.78 is 12.8. The molecule has 0 unspecified atom stereocenters. The highest BCUT2D eigenvalue weighted by atomic mass is 32.1. The zero-order valence-electron chi connectivity index (χ0n) is 9.03. The van der Waals surface area contributed by atoms with Gasteiger partial charge in [-0.3, -0.25) is 4.79 Å². The Bertz CT molecular complexity index is 568. The van der Waals surface area contributed by atoms with E-state index in [9.17, 15) is 9.18 Å². The molecule has 0 spiro atoms. The first-order chi connectivity index (χ1) is 8.08. The van der Waals surface area contributed by atoms with E-state index in [2.05, 4.69) is 10.3 Å². The smallest absolute Gasteiger partial charge is 0.267 e. The lowest BCUT2D eigenvalue weighted by Gasteiger charge is -2.07. The molecule has 2 rings (SSSR count). The molecule has 17 heavy (non-hydrogen) atoms. The number of nitrogens with zero attached hydrogens (tertiary/aromatic N) is 1. The molecule has 0 bridgehead atoms. The van der Waals surface area contributed by atoms with Crippen molar-refractivity contribution in [2.75, 3.05) is 11.1 Å². The van der Waals surface area contributed by atoms with E-state index in [-0.39, 0.29) is 11.6 Å². The van der Waals surface area contributed by atoms with Crippen molar-refractivity contribution in [2.24, 2.45) is 0 Å². The van der Waals surface area contributed by atoms with Gasteiger partial charge in [-0.15, -0.1) is 11.3 Å². The van der Waals surface area contributed by atoms with Crippen molar-refractivity contribution in [1.29, 1.82) is 0 Å². The van der Waals surface area contributed by atoms with Crippen LogP contribution in [0.15, 0.2) is 23.7 Å². The fraction of sp³-hybridized carbons (Fsp3) is 0.0909. The molecule has 0 radical (unpaired) electrons. The number of hydrogen-bond donors (Lipinski definition) is 2. The Morgan fingerprint density at radius 2 is 2.29 bits per heavy atom. The lowest BCUT2D eigenvalue weighted by molar-refractivity contribution is 0.103. The summed E-state index contributed by atoms with van der Waals surface area (Å²) in [5, 5.41) is 2.62. The number of anilines is 2. The molecule has 4 nitrogen and oxygen atoms in total. The second-order valence-corrected chi connectivity index (χ2v) is 4.31. The minimum atomic E-state index is -0.436. The first-order valence-corrected chi connectivity index (χ1v) is 5.72. The molecule has 0 aliphatic heterocycles. The Morgan fingerprint density at radius 3 is 2.88 bits per heavy atom. The number of aromatic nitrogens is 1. The fourth-order valence-corrected chi connectivity index (χ4v) is 2.04. The van der Waals surface area contributed by atoms with Gasteiger partial charge in [-0.1, -0.05) is 0 Å². The van der Waals surface area contributed by atoms with Gasteiger partial charge in [0.25, 0.3) is 5.91 Å². The largest absolute Gasteiger partial charge is 0.397 e. The molecule has 1 aromatic carbocycles. The second kappa shape index (κ2) is 4.50. The molecule has 0 saturated carbocycles. The summed E-state index contributed by atoms with van der Waals surface area (Å²) in [6.07, 6.45) is 0. The van der Waals surface area contributed by atoms with Gasteiger partial charge in [0, 0.05) is 0 Å². The Morgan fingerprint density at radius 1 is 1.53 bits per heavy atom. The molecule has 0 saturated heterocycles. The summed E-state index contributed by atoms with van der Waals surface area (Å²) in [5.74, 6) is -0.724. The monoisotopic (exact) mass is 251 g/mol. The SMILES string of the molecule is Cc1ncsc1C(=O)Nc1ccc(F)cc1N. The molecule has 0 aliphatic rings. The highest BCUT2D eigenvalue weighted by Crippen LogP contribution is 2.21. The minimum Gasteiger partial charge on any atom is -0.397 e. The van der Waals surface area contributed by atoms with E-state index in [0.717, 1.165) is 6.07 Å². The molecule has 1 aromatic heterocycles. The Balaban J connectivity index is 2.22. The number of nitrogens with one attached hydrogen (secondary N) is 1. The third-order valence-electron chi connectivity index (χ3n) is 2.21. The van der Waals surface area contributed by atoms with Crippen LogP contribution in [-0.4, -0.2) is 10.9 Å². The van der Waals surface area contributed by atoms with Crippen molar-refractivity contribution in [1.82, 2.24) is 4.98 Å². The molecule has 2 aromatic rings. The van der Waals surface area contributed by atoms with Crippen molar-refractivity contribution in [3.05, 3.63) is 40.1 Å². The molecule has 0 atom stereocenters. The van der Waals surface area contributed by atoms with Crippen molar-refractivity contribution >= 4 is 28.6 Å². The van der Waals surface area contributed by atoms with Gasteiger partial charge in [-0.2, -0.15) is 0 Å². The Hall–Kier alpha value is -1.95. The number of hydrogen-bond acceptors (Lipinski definition) is 4. The number of halogens is 1. The first kappa shape index (κ1) is 11.5. The predicted octanol–water partition coefficient (Wildman–Crippen LogP) is 2.43. The lowest BCUT2D eigenvalue weighted by Crippen LogP contribution is -2.13. The number of nitrogens with two attached hydrogens (primary N) is 1. The zero-order valence-corrected chi connectivity index (χ0v) is 9.84. The number of carbonyl (C=O) groups excluding carboxylic acids is 1. The third-order valence-corrected chi connectivity index (χ3v) is 3.14. The summed E-state index contributed by atoms with van der Waals surface area (Å²) in [6, 6.07) is 3.83. The number of aryl methyl sites for hydroxylation is 1. The van der Waals surface area contributed by atoms with E-state index in [4.69, 9.17) is 5.73 Å². The van der Waals surface area contributed by atoms with Gasteiger partial charge in [0.15, 0.2) is 0 Å². The highest BCUT2D eigenvalue weighted by molar-refractivity contribution is 7.12. The number of benzene rings is 1. The maximum atomic E-state index is 12.8. The Labute approximate surface area is 101 Å². The normalized spacial score (nSPS) is 10.2. The summed E-state index contributed by atoms with van der Waals surface area (Å²) in [7, 11) is 0. The van der Waals surface area contributed by atoms with Gasteiger partial charge >= 0.3 is 0 Å². The average Bonchev–Trinajstić information content (AvgIpc) is 2.68. The van der Waals surface area contributed by atoms with Crippen LogP contribution in [0.4, 0.5) is 15.8 Å². The summed E-state index contributed by atoms with van der Waals surface area (Å²) in [4.78, 5) is 16.3. The van der Waals surface area contributed by atoms with Gasteiger partial charge in [0.1, 0.15) is 10.7 Å². The number of amides is 1. The van der Waals surface area contributed by atoms with E-state index < -0.39 is 5.82 Å². The topological polar surface area (TPSA) is 68.0 Å². The van der Waals surface area contributed by atoms with Crippen LogP contribution in [0, 0.1) is 12.7 Å². The van der Waals surface area contributed by atoms with Gasteiger partial charge in [-0.05, 0) is 25.1 Å². The standard InChI is InChI=1S/C11H10FN3OS/c1-6-10(17-5-14-6)11(16)15-9-3-2-7(12)4-8(9)13/h2-5H,13H2,1H3,(H,15,16). The van der Waals surface area contributed by atoms with Crippen molar-refractivity contribution in [3.63, 3.8) is 0 Å². The van der Waals surface area contributed by atoms with E-state index in [1.165, 1.54) is 23.5 Å². The molecular formula is C11H10FN3OS. The van der Waals surface area contributed by atoms with E-state index >= 15 is 0 Å². The number of thiazole rings is 1. The second-order valence-electron chi connectivity index (χ2n) is 3.45. The quantitative estimate of drug-likeness (QED) is 0.805. The van der Waals surface area contributed by atoms with Crippen molar-refractivity contribution < 1.29 is 9.18 Å². The van der Waals surface area contributed by atoms with Gasteiger partial charge < -0.3 is 11.1 Å². The van der Waals surface area contributed by atoms with E-state index in [1.54, 1.807) is 12.4 Å². The van der Waals surface area contributed by atoms with Gasteiger partial charge in [0.05, 0.1) is 22.6 Å². The fourth-order valence-electron chi connectivity index (χ4n) is 1.35. The molecule has 88 valence electrons. The van der Waals surface area contributed by atoms with Crippen LogP contribution in [0.3, 0.4) is 0 Å². The lowest BCUT2D eigenvalue weighted by atomic mass is 10.2.